The summed E-state index contributed by atoms with van der Waals surface area (Å²) in [5.41, 5.74) is 5.84. The Morgan fingerprint density at radius 1 is 1.23 bits per heavy atom. The van der Waals surface area contributed by atoms with Gasteiger partial charge in [0.2, 0.25) is 5.78 Å². The molecule has 1 aliphatic carbocycles. The number of amides is 2. The van der Waals surface area contributed by atoms with Crippen molar-refractivity contribution in [3.05, 3.63) is 24.0 Å². The van der Waals surface area contributed by atoms with Gasteiger partial charge >= 0.3 is 6.03 Å². The molecule has 1 saturated carbocycles. The molecular formula is C16H18N2O4. The number of rotatable bonds is 3. The van der Waals surface area contributed by atoms with Crippen LogP contribution in [0.2, 0.25) is 0 Å². The first-order valence-electron chi connectivity index (χ1n) is 7.42. The van der Waals surface area contributed by atoms with E-state index in [1.807, 2.05) is 0 Å². The molecule has 6 nitrogen and oxygen atoms in total. The highest BCUT2D eigenvalue weighted by atomic mass is 16.3. The van der Waals surface area contributed by atoms with Crippen molar-refractivity contribution in [1.29, 1.82) is 0 Å². The number of anilines is 1. The maximum Gasteiger partial charge on any atom is 0.316 e. The molecule has 0 atom stereocenters. The van der Waals surface area contributed by atoms with Gasteiger partial charge in [-0.2, -0.15) is 0 Å². The van der Waals surface area contributed by atoms with Gasteiger partial charge in [0.25, 0.3) is 0 Å². The minimum absolute atomic E-state index is 0.0311. The fraction of sp³-hybridized carbons (Fsp3) is 0.375. The van der Waals surface area contributed by atoms with Gasteiger partial charge in [-0.3, -0.25) is 4.79 Å². The molecule has 2 amide bonds. The number of hydrogen-bond acceptors (Lipinski definition) is 4. The van der Waals surface area contributed by atoms with Crippen molar-refractivity contribution < 1.29 is 19.1 Å². The van der Waals surface area contributed by atoms with Crippen molar-refractivity contribution in [1.82, 2.24) is 0 Å². The van der Waals surface area contributed by atoms with Gasteiger partial charge in [-0.15, -0.1) is 0 Å². The zero-order chi connectivity index (χ0) is 15.7. The van der Waals surface area contributed by atoms with E-state index in [0.717, 1.165) is 32.1 Å². The largest absolute Gasteiger partial charge is 0.508 e. The summed E-state index contributed by atoms with van der Waals surface area (Å²) >= 11 is 0. The van der Waals surface area contributed by atoms with Gasteiger partial charge in [0.1, 0.15) is 17.0 Å². The molecule has 0 bridgehead atoms. The number of phenolic OH excluding ortho intramolecular Hbond substituents is 1. The topological polar surface area (TPSA) is 106 Å². The van der Waals surface area contributed by atoms with Crippen LogP contribution in [0.3, 0.4) is 0 Å². The van der Waals surface area contributed by atoms with Gasteiger partial charge < -0.3 is 20.6 Å². The van der Waals surface area contributed by atoms with Gasteiger partial charge in [-0.1, -0.05) is 19.3 Å². The summed E-state index contributed by atoms with van der Waals surface area (Å²) in [5.74, 6) is -0.0506. The molecule has 0 radical (unpaired) electrons. The van der Waals surface area contributed by atoms with Crippen LogP contribution in [0.25, 0.3) is 11.0 Å². The lowest BCUT2D eigenvalue weighted by molar-refractivity contribution is 0.0864. The lowest BCUT2D eigenvalue weighted by Gasteiger charge is -2.19. The van der Waals surface area contributed by atoms with E-state index in [-0.39, 0.29) is 28.9 Å². The number of aromatic hydroxyl groups is 1. The van der Waals surface area contributed by atoms with E-state index in [0.29, 0.717) is 11.0 Å². The Labute approximate surface area is 127 Å². The Kier molecular flexibility index (Phi) is 3.75. The number of urea groups is 1. The molecule has 0 spiro atoms. The van der Waals surface area contributed by atoms with E-state index in [1.54, 1.807) is 6.07 Å². The Balaban J connectivity index is 2.06. The minimum Gasteiger partial charge on any atom is -0.508 e. The molecule has 4 N–H and O–H groups in total. The molecular weight excluding hydrogens is 284 g/mol. The first-order valence-corrected chi connectivity index (χ1v) is 7.42. The second-order valence-electron chi connectivity index (χ2n) is 5.68. The van der Waals surface area contributed by atoms with Gasteiger partial charge in [0.15, 0.2) is 5.76 Å². The second-order valence-corrected chi connectivity index (χ2v) is 5.68. The molecule has 0 unspecified atom stereocenters. The first-order chi connectivity index (χ1) is 10.6. The molecule has 0 saturated heterocycles. The summed E-state index contributed by atoms with van der Waals surface area (Å²) in [5, 5.41) is 12.6. The minimum atomic E-state index is -0.756. The molecule has 1 aromatic carbocycles. The summed E-state index contributed by atoms with van der Waals surface area (Å²) in [6.45, 7) is 0. The number of carbonyl (C=O) groups is 2. The monoisotopic (exact) mass is 302 g/mol. The van der Waals surface area contributed by atoms with E-state index >= 15 is 0 Å². The van der Waals surface area contributed by atoms with Crippen molar-refractivity contribution in [3.8, 4) is 5.75 Å². The maximum atomic E-state index is 12.7. The number of nitrogens with two attached hydrogens (primary N) is 1. The summed E-state index contributed by atoms with van der Waals surface area (Å²) in [4.78, 5) is 23.9. The standard InChI is InChI=1S/C16H18N2O4/c17-16(21)18-13-11-7-6-10(19)8-12(11)22-15(13)14(20)9-4-2-1-3-5-9/h6-9,19H,1-5H2,(H3,17,18,21). The normalized spacial score (nSPS) is 15.8. The van der Waals surface area contributed by atoms with E-state index < -0.39 is 6.03 Å². The number of furan rings is 1. The van der Waals surface area contributed by atoms with Crippen molar-refractivity contribution >= 4 is 28.5 Å². The average molecular weight is 302 g/mol. The van der Waals surface area contributed by atoms with E-state index in [2.05, 4.69) is 5.32 Å². The number of carbonyl (C=O) groups excluding carboxylic acids is 2. The molecule has 1 aromatic heterocycles. The summed E-state index contributed by atoms with van der Waals surface area (Å²) < 4.78 is 5.62. The van der Waals surface area contributed by atoms with E-state index in [9.17, 15) is 14.7 Å². The van der Waals surface area contributed by atoms with Crippen LogP contribution in [0.15, 0.2) is 22.6 Å². The number of nitrogens with one attached hydrogen (secondary N) is 1. The highest BCUT2D eigenvalue weighted by Crippen LogP contribution is 2.36. The highest BCUT2D eigenvalue weighted by molar-refractivity contribution is 6.11. The predicted octanol–water partition coefficient (Wildman–Crippen LogP) is 3.39. The Morgan fingerprint density at radius 3 is 2.64 bits per heavy atom. The lowest BCUT2D eigenvalue weighted by Crippen LogP contribution is -2.22. The maximum absolute atomic E-state index is 12.7. The molecule has 1 aliphatic rings. The third-order valence-electron chi connectivity index (χ3n) is 4.12. The van der Waals surface area contributed by atoms with E-state index in [4.69, 9.17) is 10.2 Å². The van der Waals surface area contributed by atoms with Crippen LogP contribution in [0.1, 0.15) is 42.7 Å². The van der Waals surface area contributed by atoms with Crippen molar-refractivity contribution in [2.75, 3.05) is 5.32 Å². The number of ketones is 1. The summed E-state index contributed by atoms with van der Waals surface area (Å²) in [7, 11) is 0. The van der Waals surface area contributed by atoms with Crippen LogP contribution in [-0.2, 0) is 0 Å². The fourth-order valence-corrected chi connectivity index (χ4v) is 3.06. The summed E-state index contributed by atoms with van der Waals surface area (Å²) in [6.07, 6.45) is 4.85. The predicted molar refractivity (Wildman–Crippen MR) is 82.0 cm³/mol. The first kappa shape index (κ1) is 14.4. The van der Waals surface area contributed by atoms with Crippen LogP contribution < -0.4 is 11.1 Å². The second kappa shape index (κ2) is 5.71. The molecule has 22 heavy (non-hydrogen) atoms. The Bertz CT molecular complexity index is 729. The zero-order valence-corrected chi connectivity index (χ0v) is 12.1. The Hall–Kier alpha value is -2.50. The molecule has 3 rings (SSSR count). The van der Waals surface area contributed by atoms with Crippen molar-refractivity contribution in [3.63, 3.8) is 0 Å². The van der Waals surface area contributed by atoms with Gasteiger partial charge in [0, 0.05) is 17.4 Å². The number of primary amides is 1. The number of Topliss-reactive ketones (excluding diaryl/α,β-unsaturated/α-hetero) is 1. The molecule has 6 heteroatoms. The summed E-state index contributed by atoms with van der Waals surface area (Å²) in [6, 6.07) is 3.73. The Morgan fingerprint density at radius 2 is 1.95 bits per heavy atom. The third-order valence-corrected chi connectivity index (χ3v) is 4.12. The zero-order valence-electron chi connectivity index (χ0n) is 12.1. The van der Waals surface area contributed by atoms with Gasteiger partial charge in [-0.25, -0.2) is 4.79 Å². The van der Waals surface area contributed by atoms with Crippen LogP contribution in [0.5, 0.6) is 5.75 Å². The van der Waals surface area contributed by atoms with E-state index in [1.165, 1.54) is 12.1 Å². The molecule has 1 heterocycles. The lowest BCUT2D eigenvalue weighted by atomic mass is 9.85. The number of phenols is 1. The van der Waals surface area contributed by atoms with Crippen LogP contribution in [-0.4, -0.2) is 16.9 Å². The smallest absolute Gasteiger partial charge is 0.316 e. The molecule has 0 aliphatic heterocycles. The molecule has 1 fully saturated rings. The van der Waals surface area contributed by atoms with Crippen LogP contribution in [0, 0.1) is 5.92 Å². The quantitative estimate of drug-likeness (QED) is 0.755. The molecule has 2 aromatic rings. The average Bonchev–Trinajstić information content (AvgIpc) is 2.84. The van der Waals surface area contributed by atoms with Crippen LogP contribution >= 0.6 is 0 Å². The number of fused-ring (bicyclic) bond motifs is 1. The number of hydrogen-bond donors (Lipinski definition) is 3. The van der Waals surface area contributed by atoms with Crippen molar-refractivity contribution in [2.45, 2.75) is 32.1 Å². The highest BCUT2D eigenvalue weighted by Gasteiger charge is 2.29. The SMILES string of the molecule is NC(=O)Nc1c(C(=O)C2CCCCC2)oc2cc(O)ccc12. The third kappa shape index (κ3) is 2.64. The fourth-order valence-electron chi connectivity index (χ4n) is 3.06. The van der Waals surface area contributed by atoms with Crippen molar-refractivity contribution in [2.24, 2.45) is 11.7 Å². The van der Waals surface area contributed by atoms with Gasteiger partial charge in [-0.05, 0) is 25.0 Å². The van der Waals surface area contributed by atoms with Crippen LogP contribution in [0.4, 0.5) is 10.5 Å². The van der Waals surface area contributed by atoms with Gasteiger partial charge in [0.05, 0.1) is 0 Å². The number of benzene rings is 1. The molecule has 116 valence electrons.